The molecular formula is C12H22N2O2. The molecule has 1 aliphatic rings. The Morgan fingerprint density at radius 1 is 1.56 bits per heavy atom. The van der Waals surface area contributed by atoms with Crippen LogP contribution in [0.1, 0.15) is 32.1 Å². The van der Waals surface area contributed by atoms with E-state index in [0.29, 0.717) is 0 Å². The highest BCUT2D eigenvalue weighted by molar-refractivity contribution is 4.95. The van der Waals surface area contributed by atoms with Gasteiger partial charge in [0.25, 0.3) is 0 Å². The van der Waals surface area contributed by atoms with Crippen LogP contribution in [0.15, 0.2) is 0 Å². The van der Waals surface area contributed by atoms with Gasteiger partial charge in [0.05, 0.1) is 11.6 Å². The summed E-state index contributed by atoms with van der Waals surface area (Å²) in [5.74, 6) is 8.27. The summed E-state index contributed by atoms with van der Waals surface area (Å²) in [4.78, 5) is 0. The molecule has 0 aromatic carbocycles. The molecular weight excluding hydrogens is 204 g/mol. The van der Waals surface area contributed by atoms with E-state index in [-0.39, 0.29) is 11.6 Å². The van der Waals surface area contributed by atoms with Gasteiger partial charge in [-0.15, -0.1) is 12.3 Å². The van der Waals surface area contributed by atoms with E-state index in [9.17, 15) is 0 Å². The first kappa shape index (κ1) is 13.5. The minimum atomic E-state index is -0.193. The molecule has 16 heavy (non-hydrogen) atoms. The molecule has 1 rings (SSSR count). The maximum atomic E-state index is 5.69. The molecule has 0 amide bonds. The normalized spacial score (nSPS) is 21.3. The van der Waals surface area contributed by atoms with Crippen LogP contribution in [0.2, 0.25) is 0 Å². The van der Waals surface area contributed by atoms with Crippen molar-refractivity contribution in [2.24, 2.45) is 5.84 Å². The molecule has 0 aliphatic carbocycles. The lowest BCUT2D eigenvalue weighted by Crippen LogP contribution is -2.57. The Bertz CT molecular complexity index is 232. The summed E-state index contributed by atoms with van der Waals surface area (Å²) >= 11 is 0. The van der Waals surface area contributed by atoms with Crippen LogP contribution in [0.3, 0.4) is 0 Å². The number of ether oxygens (including phenoxy) is 2. The largest absolute Gasteiger partial charge is 0.381 e. The van der Waals surface area contributed by atoms with Gasteiger partial charge in [0.1, 0.15) is 0 Å². The van der Waals surface area contributed by atoms with Gasteiger partial charge in [0.2, 0.25) is 0 Å². The average Bonchev–Trinajstić information content (AvgIpc) is 2.35. The lowest BCUT2D eigenvalue weighted by molar-refractivity contribution is -0.112. The van der Waals surface area contributed by atoms with E-state index in [2.05, 4.69) is 11.3 Å². The summed E-state index contributed by atoms with van der Waals surface area (Å²) in [6, 6.07) is 0.148. The molecule has 0 radical (unpaired) electrons. The van der Waals surface area contributed by atoms with E-state index in [4.69, 9.17) is 21.7 Å². The fourth-order valence-electron chi connectivity index (χ4n) is 2.32. The first-order valence-electron chi connectivity index (χ1n) is 5.81. The predicted octanol–water partition coefficient (Wildman–Crippen LogP) is 0.817. The molecule has 3 N–H and O–H groups in total. The molecule has 1 unspecified atom stereocenters. The number of rotatable bonds is 6. The molecule has 92 valence electrons. The fraction of sp³-hybridized carbons (Fsp3) is 0.833. The van der Waals surface area contributed by atoms with Gasteiger partial charge in [0, 0.05) is 39.6 Å². The summed E-state index contributed by atoms with van der Waals surface area (Å²) in [7, 11) is 1.75. The SMILES string of the molecule is C#CCCCC(NN)C1(OC)CCOCC1. The van der Waals surface area contributed by atoms with Crippen LogP contribution in [0.4, 0.5) is 0 Å². The highest BCUT2D eigenvalue weighted by Gasteiger charge is 2.39. The predicted molar refractivity (Wildman–Crippen MR) is 63.6 cm³/mol. The lowest BCUT2D eigenvalue weighted by Gasteiger charge is -2.42. The van der Waals surface area contributed by atoms with Crippen LogP contribution in [-0.4, -0.2) is 32.0 Å². The number of nitrogens with two attached hydrogens (primary N) is 1. The van der Waals surface area contributed by atoms with Crippen LogP contribution in [0.25, 0.3) is 0 Å². The van der Waals surface area contributed by atoms with Gasteiger partial charge in [-0.1, -0.05) is 0 Å². The van der Waals surface area contributed by atoms with Crippen molar-refractivity contribution in [3.8, 4) is 12.3 Å². The van der Waals surface area contributed by atoms with Crippen molar-refractivity contribution >= 4 is 0 Å². The minimum absolute atomic E-state index is 0.148. The first-order valence-corrected chi connectivity index (χ1v) is 5.81. The van der Waals surface area contributed by atoms with Gasteiger partial charge >= 0.3 is 0 Å². The monoisotopic (exact) mass is 226 g/mol. The van der Waals surface area contributed by atoms with Gasteiger partial charge in [0.15, 0.2) is 0 Å². The molecule has 0 aromatic rings. The maximum Gasteiger partial charge on any atom is 0.0888 e. The summed E-state index contributed by atoms with van der Waals surface area (Å²) in [6.45, 7) is 1.47. The van der Waals surface area contributed by atoms with Crippen LogP contribution < -0.4 is 11.3 Å². The number of unbranched alkanes of at least 4 members (excludes halogenated alkanes) is 1. The molecule has 0 aromatic heterocycles. The Labute approximate surface area is 97.8 Å². The van der Waals surface area contributed by atoms with Crippen molar-refractivity contribution in [2.75, 3.05) is 20.3 Å². The molecule has 1 aliphatic heterocycles. The third-order valence-electron chi connectivity index (χ3n) is 3.40. The summed E-state index contributed by atoms with van der Waals surface area (Å²) in [6.07, 6.45) is 9.71. The van der Waals surface area contributed by atoms with Gasteiger partial charge in [-0.3, -0.25) is 11.3 Å². The van der Waals surface area contributed by atoms with Gasteiger partial charge in [-0.05, 0) is 12.8 Å². The number of hydrogen-bond donors (Lipinski definition) is 2. The second-order valence-electron chi connectivity index (χ2n) is 4.20. The van der Waals surface area contributed by atoms with Crippen molar-refractivity contribution < 1.29 is 9.47 Å². The standard InChI is InChI=1S/C12H22N2O2/c1-3-4-5-6-11(14-13)12(15-2)7-9-16-10-8-12/h1,11,14H,4-10,13H2,2H3. The van der Waals surface area contributed by atoms with Gasteiger partial charge in [-0.2, -0.15) is 0 Å². The second-order valence-corrected chi connectivity index (χ2v) is 4.20. The lowest BCUT2D eigenvalue weighted by atomic mass is 9.83. The van der Waals surface area contributed by atoms with E-state index in [0.717, 1.165) is 45.3 Å². The third-order valence-corrected chi connectivity index (χ3v) is 3.40. The highest BCUT2D eigenvalue weighted by Crippen LogP contribution is 2.30. The van der Waals surface area contributed by atoms with Crippen molar-refractivity contribution in [3.63, 3.8) is 0 Å². The van der Waals surface area contributed by atoms with Crippen LogP contribution in [0, 0.1) is 12.3 Å². The van der Waals surface area contributed by atoms with Crippen LogP contribution in [0.5, 0.6) is 0 Å². The fourth-order valence-corrected chi connectivity index (χ4v) is 2.32. The molecule has 0 bridgehead atoms. The Kier molecular flexibility index (Phi) is 5.78. The summed E-state index contributed by atoms with van der Waals surface area (Å²) < 4.78 is 11.1. The van der Waals surface area contributed by atoms with Crippen molar-refractivity contribution in [1.82, 2.24) is 5.43 Å². The molecule has 1 heterocycles. The number of hydrazine groups is 1. The van der Waals surface area contributed by atoms with Crippen LogP contribution >= 0.6 is 0 Å². The molecule has 1 saturated heterocycles. The van der Waals surface area contributed by atoms with E-state index in [1.54, 1.807) is 7.11 Å². The number of methoxy groups -OCH3 is 1. The van der Waals surface area contributed by atoms with E-state index in [1.807, 2.05) is 0 Å². The third kappa shape index (κ3) is 3.19. The highest BCUT2D eigenvalue weighted by atomic mass is 16.5. The topological polar surface area (TPSA) is 56.5 Å². The summed E-state index contributed by atoms with van der Waals surface area (Å²) in [5.41, 5.74) is 2.68. The Morgan fingerprint density at radius 2 is 2.25 bits per heavy atom. The molecule has 1 atom stereocenters. The van der Waals surface area contributed by atoms with E-state index in [1.165, 1.54) is 0 Å². The Morgan fingerprint density at radius 3 is 2.75 bits per heavy atom. The van der Waals surface area contributed by atoms with Crippen molar-refractivity contribution in [2.45, 2.75) is 43.7 Å². The van der Waals surface area contributed by atoms with Gasteiger partial charge < -0.3 is 9.47 Å². The number of hydrogen-bond acceptors (Lipinski definition) is 4. The van der Waals surface area contributed by atoms with E-state index >= 15 is 0 Å². The number of terminal acetylenes is 1. The second kappa shape index (κ2) is 6.87. The molecule has 1 fully saturated rings. The molecule has 0 spiro atoms. The molecule has 0 saturated carbocycles. The maximum absolute atomic E-state index is 5.69. The molecule has 4 nitrogen and oxygen atoms in total. The van der Waals surface area contributed by atoms with Crippen molar-refractivity contribution in [1.29, 1.82) is 0 Å². The van der Waals surface area contributed by atoms with Crippen LogP contribution in [-0.2, 0) is 9.47 Å². The smallest absolute Gasteiger partial charge is 0.0888 e. The zero-order valence-electron chi connectivity index (χ0n) is 10.00. The van der Waals surface area contributed by atoms with Gasteiger partial charge in [-0.25, -0.2) is 0 Å². The first-order chi connectivity index (χ1) is 7.79. The zero-order chi connectivity index (χ0) is 11.9. The summed E-state index contributed by atoms with van der Waals surface area (Å²) in [5, 5.41) is 0. The molecule has 4 heteroatoms. The zero-order valence-corrected chi connectivity index (χ0v) is 10.00. The Hall–Kier alpha value is -0.600. The average molecular weight is 226 g/mol. The van der Waals surface area contributed by atoms with E-state index < -0.39 is 0 Å². The minimum Gasteiger partial charge on any atom is -0.381 e. The van der Waals surface area contributed by atoms with Crippen molar-refractivity contribution in [3.05, 3.63) is 0 Å². The number of nitrogens with one attached hydrogen (secondary N) is 1. The Balaban J connectivity index is 2.55. The quantitative estimate of drug-likeness (QED) is 0.305.